The topological polar surface area (TPSA) is 78.1 Å². The number of nitrogens with two attached hydrogens (primary N) is 1. The van der Waals surface area contributed by atoms with Crippen LogP contribution in [-0.4, -0.2) is 14.8 Å². The fourth-order valence-corrected chi connectivity index (χ4v) is 2.05. The number of hydrogen-bond donors (Lipinski definition) is 1. The zero-order chi connectivity index (χ0) is 13.0. The first kappa shape index (κ1) is 12.8. The van der Waals surface area contributed by atoms with Crippen LogP contribution in [0.4, 0.5) is 9.93 Å². The molecule has 5 nitrogen and oxygen atoms in total. The number of carbonyl (C=O) groups excluding carboxylic acids is 1. The van der Waals surface area contributed by atoms with Gasteiger partial charge in [-0.15, -0.1) is 0 Å². The second-order valence-electron chi connectivity index (χ2n) is 3.54. The highest BCUT2D eigenvalue weighted by Gasteiger charge is 2.04. The van der Waals surface area contributed by atoms with Crippen LogP contribution in [0.15, 0.2) is 24.3 Å². The number of anilines is 1. The van der Waals surface area contributed by atoms with E-state index in [1.54, 1.807) is 18.2 Å². The number of ether oxygens (including phenoxy) is 1. The van der Waals surface area contributed by atoms with Crippen molar-refractivity contribution in [1.82, 2.24) is 9.36 Å². The van der Waals surface area contributed by atoms with Crippen molar-refractivity contribution in [2.45, 2.75) is 12.8 Å². The molecule has 0 unspecified atom stereocenters. The Bertz CT molecular complexity index is 559. The molecule has 0 saturated carbocycles. The van der Waals surface area contributed by atoms with E-state index in [1.807, 2.05) is 6.07 Å². The van der Waals surface area contributed by atoms with Crippen LogP contribution in [0.5, 0.6) is 5.75 Å². The molecular formula is C11H10ClN3O2S. The van der Waals surface area contributed by atoms with Crippen molar-refractivity contribution in [2.75, 3.05) is 5.73 Å². The third kappa shape index (κ3) is 3.68. The Morgan fingerprint density at radius 3 is 2.94 bits per heavy atom. The van der Waals surface area contributed by atoms with Crippen LogP contribution in [0.1, 0.15) is 11.4 Å². The molecule has 0 saturated heterocycles. The average molecular weight is 284 g/mol. The molecule has 0 atom stereocenters. The van der Waals surface area contributed by atoms with E-state index in [2.05, 4.69) is 9.36 Å². The molecule has 2 rings (SSSR count). The van der Waals surface area contributed by atoms with E-state index in [1.165, 1.54) is 11.5 Å². The highest BCUT2D eigenvalue weighted by Crippen LogP contribution is 2.16. The SMILES string of the molecule is Nc1nc(CCc2cccc(OC(=O)Cl)c2)ns1. The van der Waals surface area contributed by atoms with Gasteiger partial charge >= 0.3 is 5.43 Å². The molecular weight excluding hydrogens is 274 g/mol. The van der Waals surface area contributed by atoms with Gasteiger partial charge in [-0.1, -0.05) is 12.1 Å². The largest absolute Gasteiger partial charge is 0.414 e. The van der Waals surface area contributed by atoms with Gasteiger partial charge in [0.2, 0.25) is 0 Å². The number of benzene rings is 1. The lowest BCUT2D eigenvalue weighted by molar-refractivity contribution is 0.225. The van der Waals surface area contributed by atoms with Crippen molar-refractivity contribution in [3.8, 4) is 5.75 Å². The number of aromatic nitrogens is 2. The summed E-state index contributed by atoms with van der Waals surface area (Å²) in [5.74, 6) is 1.15. The Hall–Kier alpha value is -1.66. The first-order valence-electron chi connectivity index (χ1n) is 5.18. The number of nitrogen functional groups attached to an aromatic ring is 1. The van der Waals surface area contributed by atoms with E-state index < -0.39 is 5.43 Å². The summed E-state index contributed by atoms with van der Waals surface area (Å²) in [6.45, 7) is 0. The molecule has 0 aliphatic carbocycles. The molecule has 2 N–H and O–H groups in total. The molecule has 18 heavy (non-hydrogen) atoms. The molecule has 0 aliphatic rings. The molecule has 0 aliphatic heterocycles. The minimum atomic E-state index is -0.846. The number of carbonyl (C=O) groups is 1. The molecule has 1 aromatic carbocycles. The average Bonchev–Trinajstić information content (AvgIpc) is 2.72. The van der Waals surface area contributed by atoms with Crippen LogP contribution in [0.2, 0.25) is 0 Å². The highest BCUT2D eigenvalue weighted by atomic mass is 35.5. The first-order valence-corrected chi connectivity index (χ1v) is 6.33. The monoisotopic (exact) mass is 283 g/mol. The van der Waals surface area contributed by atoms with Crippen molar-refractivity contribution in [2.24, 2.45) is 0 Å². The zero-order valence-corrected chi connectivity index (χ0v) is 10.9. The molecule has 94 valence electrons. The van der Waals surface area contributed by atoms with Crippen LogP contribution in [-0.2, 0) is 12.8 Å². The summed E-state index contributed by atoms with van der Waals surface area (Å²) in [6.07, 6.45) is 1.43. The Morgan fingerprint density at radius 1 is 1.44 bits per heavy atom. The summed E-state index contributed by atoms with van der Waals surface area (Å²) in [6, 6.07) is 7.16. The molecule has 0 amide bonds. The van der Waals surface area contributed by atoms with Crippen molar-refractivity contribution in [3.63, 3.8) is 0 Å². The van der Waals surface area contributed by atoms with E-state index in [9.17, 15) is 4.79 Å². The molecule has 1 aromatic heterocycles. The Morgan fingerprint density at radius 2 is 2.28 bits per heavy atom. The van der Waals surface area contributed by atoms with Crippen LogP contribution < -0.4 is 10.5 Å². The van der Waals surface area contributed by atoms with Crippen molar-refractivity contribution in [1.29, 1.82) is 0 Å². The lowest BCUT2D eigenvalue weighted by atomic mass is 10.1. The summed E-state index contributed by atoms with van der Waals surface area (Å²) in [5, 5.41) is 0.467. The van der Waals surface area contributed by atoms with Gasteiger partial charge in [0.05, 0.1) is 0 Å². The van der Waals surface area contributed by atoms with Gasteiger partial charge in [-0.25, -0.2) is 9.78 Å². The molecule has 1 heterocycles. The molecule has 7 heteroatoms. The van der Waals surface area contributed by atoms with E-state index in [0.717, 1.165) is 17.8 Å². The lowest BCUT2D eigenvalue weighted by Gasteiger charge is -2.03. The van der Waals surface area contributed by atoms with Gasteiger partial charge in [-0.3, -0.25) is 0 Å². The Labute approximate surface area is 113 Å². The molecule has 0 fully saturated rings. The number of nitrogens with zero attached hydrogens (tertiary/aromatic N) is 2. The number of hydrogen-bond acceptors (Lipinski definition) is 6. The predicted molar refractivity (Wildman–Crippen MR) is 70.0 cm³/mol. The van der Waals surface area contributed by atoms with Crippen LogP contribution in [0.3, 0.4) is 0 Å². The van der Waals surface area contributed by atoms with Gasteiger partial charge in [-0.05, 0) is 24.1 Å². The maximum absolute atomic E-state index is 10.6. The van der Waals surface area contributed by atoms with Crippen LogP contribution in [0.25, 0.3) is 0 Å². The summed E-state index contributed by atoms with van der Waals surface area (Å²) in [4.78, 5) is 14.7. The molecule has 0 radical (unpaired) electrons. The summed E-state index contributed by atoms with van der Waals surface area (Å²) in [7, 11) is 0. The number of aryl methyl sites for hydroxylation is 2. The fraction of sp³-hybridized carbons (Fsp3) is 0.182. The number of rotatable bonds is 4. The Kier molecular flexibility index (Phi) is 4.11. The van der Waals surface area contributed by atoms with Crippen molar-refractivity contribution in [3.05, 3.63) is 35.7 Å². The smallest absolute Gasteiger partial charge is 0.409 e. The van der Waals surface area contributed by atoms with Gasteiger partial charge in [0.25, 0.3) is 0 Å². The van der Waals surface area contributed by atoms with Gasteiger partial charge < -0.3 is 10.5 Å². The first-order chi connectivity index (χ1) is 8.63. The maximum Gasteiger partial charge on any atom is 0.409 e. The fourth-order valence-electron chi connectivity index (χ4n) is 1.48. The van der Waals surface area contributed by atoms with E-state index in [0.29, 0.717) is 17.3 Å². The van der Waals surface area contributed by atoms with E-state index in [-0.39, 0.29) is 0 Å². The minimum absolute atomic E-state index is 0.429. The van der Waals surface area contributed by atoms with Crippen LogP contribution in [0, 0.1) is 0 Å². The van der Waals surface area contributed by atoms with Gasteiger partial charge in [0, 0.05) is 29.6 Å². The summed E-state index contributed by atoms with van der Waals surface area (Å²) in [5.41, 5.74) is 5.67. The molecule has 0 spiro atoms. The third-order valence-electron chi connectivity index (χ3n) is 2.22. The molecule has 0 bridgehead atoms. The van der Waals surface area contributed by atoms with Crippen molar-refractivity contribution < 1.29 is 9.53 Å². The van der Waals surface area contributed by atoms with Crippen molar-refractivity contribution >= 4 is 33.7 Å². The minimum Gasteiger partial charge on any atom is -0.414 e. The third-order valence-corrected chi connectivity index (χ3v) is 2.88. The van der Waals surface area contributed by atoms with E-state index in [4.69, 9.17) is 22.1 Å². The normalized spacial score (nSPS) is 10.3. The summed E-state index contributed by atoms with van der Waals surface area (Å²) < 4.78 is 8.89. The molecule has 2 aromatic rings. The quantitative estimate of drug-likeness (QED) is 0.873. The summed E-state index contributed by atoms with van der Waals surface area (Å²) >= 11 is 6.33. The Balaban J connectivity index is 1.98. The maximum atomic E-state index is 10.6. The van der Waals surface area contributed by atoms with Gasteiger partial charge in [-0.2, -0.15) is 4.37 Å². The number of halogens is 1. The predicted octanol–water partition coefficient (Wildman–Crippen LogP) is 2.64. The second-order valence-corrected chi connectivity index (χ2v) is 4.63. The zero-order valence-electron chi connectivity index (χ0n) is 9.30. The second kappa shape index (κ2) is 5.79. The van der Waals surface area contributed by atoms with E-state index >= 15 is 0 Å². The van der Waals surface area contributed by atoms with Gasteiger partial charge in [0.1, 0.15) is 11.6 Å². The van der Waals surface area contributed by atoms with Gasteiger partial charge in [0.15, 0.2) is 5.13 Å². The lowest BCUT2D eigenvalue weighted by Crippen LogP contribution is -1.98. The highest BCUT2D eigenvalue weighted by molar-refractivity contribution is 7.09. The van der Waals surface area contributed by atoms with Crippen LogP contribution >= 0.6 is 23.1 Å². The standard InChI is InChI=1S/C11H10ClN3O2S/c12-10(16)17-8-3-1-2-7(6-8)4-5-9-14-11(13)18-15-9/h1-3,6H,4-5H2,(H2,13,14,15).